The maximum absolute atomic E-state index is 12.4. The van der Waals surface area contributed by atoms with E-state index in [1.54, 1.807) is 0 Å². The van der Waals surface area contributed by atoms with Gasteiger partial charge in [0.2, 0.25) is 0 Å². The summed E-state index contributed by atoms with van der Waals surface area (Å²) in [5.41, 5.74) is 0.219. The van der Waals surface area contributed by atoms with Gasteiger partial charge in [0.15, 0.2) is 5.78 Å². The van der Waals surface area contributed by atoms with Gasteiger partial charge in [-0.1, -0.05) is 49.6 Å². The molecule has 3 heteroatoms. The molecule has 1 aromatic carbocycles. The third kappa shape index (κ3) is 1.84. The fourth-order valence-electron chi connectivity index (χ4n) is 3.89. The summed E-state index contributed by atoms with van der Waals surface area (Å²) in [7, 11) is 0. The van der Waals surface area contributed by atoms with Gasteiger partial charge >= 0.3 is 0 Å². The lowest BCUT2D eigenvalue weighted by molar-refractivity contribution is -0.130. The molecule has 0 bridgehead atoms. The largest absolute Gasteiger partial charge is 0.391 e. The van der Waals surface area contributed by atoms with Crippen LogP contribution in [0.5, 0.6) is 0 Å². The fraction of sp³-hybridized carbons (Fsp3) is 0.562. The van der Waals surface area contributed by atoms with Gasteiger partial charge in [-0.3, -0.25) is 4.79 Å². The van der Waals surface area contributed by atoms with E-state index in [-0.39, 0.29) is 5.78 Å². The number of hydrogen-bond donors (Lipinski definition) is 2. The Morgan fingerprint density at radius 2 is 1.63 bits per heavy atom. The zero-order valence-corrected chi connectivity index (χ0v) is 11.0. The molecule has 2 aliphatic rings. The van der Waals surface area contributed by atoms with Crippen LogP contribution in [0.1, 0.15) is 43.6 Å². The first kappa shape index (κ1) is 12.8. The second-order valence-corrected chi connectivity index (χ2v) is 5.93. The molecule has 2 saturated carbocycles. The van der Waals surface area contributed by atoms with Crippen LogP contribution in [0.3, 0.4) is 0 Å². The van der Waals surface area contributed by atoms with Gasteiger partial charge in [0.1, 0.15) is 6.10 Å². The summed E-state index contributed by atoms with van der Waals surface area (Å²) in [6.07, 6.45) is 2.86. The van der Waals surface area contributed by atoms with Crippen molar-refractivity contribution in [2.45, 2.75) is 50.2 Å². The van der Waals surface area contributed by atoms with E-state index >= 15 is 0 Å². The average Bonchev–Trinajstić information content (AvgIpc) is 2.63. The molecular formula is C16H20O3. The molecule has 0 unspecified atom stereocenters. The zero-order chi connectivity index (χ0) is 13.5. The Kier molecular flexibility index (Phi) is 3.19. The van der Waals surface area contributed by atoms with Crippen molar-refractivity contribution in [3.8, 4) is 0 Å². The molecular weight excluding hydrogens is 240 g/mol. The van der Waals surface area contributed by atoms with E-state index in [9.17, 15) is 15.0 Å². The second kappa shape index (κ2) is 4.73. The van der Waals surface area contributed by atoms with E-state index in [1.807, 2.05) is 30.3 Å². The Morgan fingerprint density at radius 1 is 1.00 bits per heavy atom. The molecule has 3 nitrogen and oxygen atoms in total. The van der Waals surface area contributed by atoms with Crippen molar-refractivity contribution >= 4 is 5.78 Å². The number of ketones is 1. The van der Waals surface area contributed by atoms with Gasteiger partial charge in [-0.15, -0.1) is 0 Å². The van der Waals surface area contributed by atoms with Crippen LogP contribution in [0.2, 0.25) is 0 Å². The molecule has 3 rings (SSSR count). The van der Waals surface area contributed by atoms with Gasteiger partial charge in [0.25, 0.3) is 0 Å². The van der Waals surface area contributed by atoms with Crippen LogP contribution >= 0.6 is 0 Å². The Bertz CT molecular complexity index is 462. The molecule has 19 heavy (non-hydrogen) atoms. The summed E-state index contributed by atoms with van der Waals surface area (Å²) < 4.78 is 0. The first-order valence-corrected chi connectivity index (χ1v) is 7.12. The highest BCUT2D eigenvalue weighted by Crippen LogP contribution is 2.52. The number of aliphatic hydroxyl groups excluding tert-OH is 2. The molecule has 0 amide bonds. The number of hydrogen-bond acceptors (Lipinski definition) is 3. The molecule has 0 saturated heterocycles. The van der Waals surface area contributed by atoms with Gasteiger partial charge < -0.3 is 10.2 Å². The predicted octanol–water partition coefficient (Wildman–Crippen LogP) is 2.03. The number of Topliss-reactive ketones (excluding diaryl/α,β-unsaturated/α-hetero) is 1. The van der Waals surface area contributed by atoms with E-state index in [0.717, 1.165) is 37.7 Å². The highest BCUT2D eigenvalue weighted by molar-refractivity contribution is 5.94. The molecule has 0 aromatic heterocycles. The van der Waals surface area contributed by atoms with Crippen molar-refractivity contribution in [1.82, 2.24) is 0 Å². The Balaban J connectivity index is 1.98. The molecule has 2 aliphatic carbocycles. The summed E-state index contributed by atoms with van der Waals surface area (Å²) in [6, 6.07) is 9.35. The number of rotatable bonds is 1. The number of aliphatic hydroxyl groups is 2. The number of carbonyl (C=O) groups excluding carboxylic acids is 1. The topological polar surface area (TPSA) is 57.5 Å². The molecule has 3 atom stereocenters. The third-order valence-corrected chi connectivity index (χ3v) is 4.97. The maximum atomic E-state index is 12.4. The van der Waals surface area contributed by atoms with Crippen molar-refractivity contribution in [3.05, 3.63) is 35.9 Å². The molecule has 2 N–H and O–H groups in total. The molecule has 1 spiro atoms. The fourth-order valence-corrected chi connectivity index (χ4v) is 3.89. The van der Waals surface area contributed by atoms with E-state index in [2.05, 4.69) is 0 Å². The Labute approximate surface area is 113 Å². The van der Waals surface area contributed by atoms with Crippen molar-refractivity contribution in [2.24, 2.45) is 5.41 Å². The van der Waals surface area contributed by atoms with Crippen LogP contribution in [0, 0.1) is 5.41 Å². The van der Waals surface area contributed by atoms with Crippen LogP contribution in [-0.4, -0.2) is 28.2 Å². The van der Waals surface area contributed by atoms with Crippen molar-refractivity contribution in [2.75, 3.05) is 0 Å². The minimum absolute atomic E-state index is 0.208. The molecule has 0 radical (unpaired) electrons. The average molecular weight is 260 g/mol. The summed E-state index contributed by atoms with van der Waals surface area (Å²) in [4.78, 5) is 12.4. The smallest absolute Gasteiger partial charge is 0.171 e. The van der Waals surface area contributed by atoms with Crippen molar-refractivity contribution < 1.29 is 15.0 Å². The van der Waals surface area contributed by atoms with Crippen LogP contribution in [-0.2, 0) is 4.79 Å². The second-order valence-electron chi connectivity index (χ2n) is 5.93. The van der Waals surface area contributed by atoms with Crippen LogP contribution < -0.4 is 0 Å². The first-order valence-electron chi connectivity index (χ1n) is 7.12. The van der Waals surface area contributed by atoms with Crippen LogP contribution in [0.25, 0.3) is 0 Å². The molecule has 0 aliphatic heterocycles. The Hall–Kier alpha value is -1.19. The van der Waals surface area contributed by atoms with Gasteiger partial charge in [-0.05, 0) is 18.4 Å². The van der Waals surface area contributed by atoms with Gasteiger partial charge in [-0.2, -0.15) is 0 Å². The third-order valence-electron chi connectivity index (χ3n) is 4.97. The van der Waals surface area contributed by atoms with Crippen molar-refractivity contribution in [3.63, 3.8) is 0 Å². The maximum Gasteiger partial charge on any atom is 0.171 e. The van der Waals surface area contributed by atoms with E-state index in [1.165, 1.54) is 0 Å². The number of benzene rings is 1. The molecule has 1 aromatic rings. The normalized spacial score (nSPS) is 33.8. The first-order chi connectivity index (χ1) is 9.17. The minimum atomic E-state index is -1.01. The van der Waals surface area contributed by atoms with Gasteiger partial charge in [0.05, 0.1) is 12.0 Å². The minimum Gasteiger partial charge on any atom is -0.391 e. The summed E-state index contributed by atoms with van der Waals surface area (Å²) in [5.74, 6) is -0.769. The lowest BCUT2D eigenvalue weighted by Crippen LogP contribution is -2.42. The van der Waals surface area contributed by atoms with Crippen molar-refractivity contribution in [1.29, 1.82) is 0 Å². The SMILES string of the molecule is O=C1[C@H](c2ccccc2)[C@@H](O)C2(CCCCC2)[C@H]1O. The lowest BCUT2D eigenvalue weighted by Gasteiger charge is -2.38. The predicted molar refractivity (Wildman–Crippen MR) is 71.7 cm³/mol. The molecule has 0 heterocycles. The zero-order valence-electron chi connectivity index (χ0n) is 11.0. The molecule has 102 valence electrons. The lowest BCUT2D eigenvalue weighted by atomic mass is 9.69. The Morgan fingerprint density at radius 3 is 2.26 bits per heavy atom. The monoisotopic (exact) mass is 260 g/mol. The highest BCUT2D eigenvalue weighted by Gasteiger charge is 2.59. The summed E-state index contributed by atoms with van der Waals surface area (Å²) in [5, 5.41) is 21.0. The van der Waals surface area contributed by atoms with E-state index in [0.29, 0.717) is 0 Å². The van der Waals surface area contributed by atoms with Crippen LogP contribution in [0.4, 0.5) is 0 Å². The molecule has 2 fully saturated rings. The summed E-state index contributed by atoms with van der Waals surface area (Å²) >= 11 is 0. The highest BCUT2D eigenvalue weighted by atomic mass is 16.3. The number of carbonyl (C=O) groups is 1. The summed E-state index contributed by atoms with van der Waals surface area (Å²) in [6.45, 7) is 0. The van der Waals surface area contributed by atoms with Gasteiger partial charge in [-0.25, -0.2) is 0 Å². The van der Waals surface area contributed by atoms with Gasteiger partial charge in [0, 0.05) is 5.41 Å². The van der Waals surface area contributed by atoms with E-state index < -0.39 is 23.5 Å². The standard InChI is InChI=1S/C16H20O3/c17-13-12(11-7-3-1-4-8-11)14(18)16(15(13)19)9-5-2-6-10-16/h1,3-4,7-8,12,14-15,18-19H,2,5-6,9-10H2/t12-,14+,15-/m0/s1. The quantitative estimate of drug-likeness (QED) is 0.812. The van der Waals surface area contributed by atoms with E-state index in [4.69, 9.17) is 0 Å². The van der Waals surface area contributed by atoms with Crippen LogP contribution in [0.15, 0.2) is 30.3 Å².